The third kappa shape index (κ3) is 3.57. The van der Waals surface area contributed by atoms with Crippen molar-refractivity contribution in [1.82, 2.24) is 30.0 Å². The summed E-state index contributed by atoms with van der Waals surface area (Å²) in [6, 6.07) is 1.96. The molecular formula is C18H24N8O. The van der Waals surface area contributed by atoms with Crippen LogP contribution in [-0.4, -0.2) is 43.7 Å². The lowest BCUT2D eigenvalue weighted by molar-refractivity contribution is -0.123. The smallest absolute Gasteiger partial charge is 0.244 e. The fourth-order valence-electron chi connectivity index (χ4n) is 3.11. The molecular weight excluding hydrogens is 344 g/mol. The van der Waals surface area contributed by atoms with Crippen LogP contribution in [0.2, 0.25) is 0 Å². The molecule has 4 N–H and O–H groups in total. The molecule has 2 unspecified atom stereocenters. The molecule has 0 radical (unpaired) electrons. The van der Waals surface area contributed by atoms with Crippen LogP contribution >= 0.6 is 0 Å². The molecule has 2 atom stereocenters. The number of carbonyl (C=O) groups is 1. The Kier molecular flexibility index (Phi) is 4.43. The van der Waals surface area contributed by atoms with E-state index >= 15 is 0 Å². The van der Waals surface area contributed by atoms with Crippen molar-refractivity contribution in [1.29, 1.82) is 0 Å². The van der Waals surface area contributed by atoms with Crippen LogP contribution in [0.1, 0.15) is 32.7 Å². The van der Waals surface area contributed by atoms with Crippen molar-refractivity contribution in [2.75, 3.05) is 17.7 Å². The van der Waals surface area contributed by atoms with E-state index < -0.39 is 6.04 Å². The first-order valence-corrected chi connectivity index (χ1v) is 9.19. The maximum atomic E-state index is 11.8. The lowest BCUT2D eigenvalue weighted by Gasteiger charge is -2.15. The summed E-state index contributed by atoms with van der Waals surface area (Å²) in [7, 11) is 1.61. The van der Waals surface area contributed by atoms with Gasteiger partial charge in [-0.25, -0.2) is 0 Å². The third-order valence-electron chi connectivity index (χ3n) is 4.99. The molecule has 1 aliphatic rings. The van der Waals surface area contributed by atoms with Crippen LogP contribution < -0.4 is 16.0 Å². The number of amides is 1. The van der Waals surface area contributed by atoms with E-state index in [1.807, 2.05) is 12.3 Å². The summed E-state index contributed by atoms with van der Waals surface area (Å²) in [4.78, 5) is 24.1. The molecule has 9 nitrogen and oxygen atoms in total. The lowest BCUT2D eigenvalue weighted by Crippen LogP contribution is -2.27. The first-order valence-electron chi connectivity index (χ1n) is 9.19. The molecule has 0 saturated heterocycles. The average Bonchev–Trinajstić information content (AvgIpc) is 3.24. The van der Waals surface area contributed by atoms with Crippen molar-refractivity contribution in [3.63, 3.8) is 0 Å². The number of fused-ring (bicyclic) bond motifs is 1. The van der Waals surface area contributed by atoms with Crippen molar-refractivity contribution in [3.05, 3.63) is 24.7 Å². The molecule has 3 aromatic heterocycles. The Bertz CT molecular complexity index is 957. The number of H-pyrrole nitrogens is 1. The van der Waals surface area contributed by atoms with Gasteiger partial charge >= 0.3 is 0 Å². The zero-order valence-corrected chi connectivity index (χ0v) is 15.7. The molecule has 142 valence electrons. The minimum atomic E-state index is -0.394. The Balaban J connectivity index is 1.57. The molecule has 0 aliphatic heterocycles. The molecule has 4 rings (SSSR count). The number of likely N-dealkylation sites (N-methyl/N-ethyl adjacent to an activating group) is 1. The van der Waals surface area contributed by atoms with Crippen LogP contribution in [0, 0.1) is 5.92 Å². The number of aromatic nitrogens is 5. The van der Waals surface area contributed by atoms with Crippen LogP contribution in [0.15, 0.2) is 24.7 Å². The molecule has 27 heavy (non-hydrogen) atoms. The fourth-order valence-corrected chi connectivity index (χ4v) is 3.11. The first kappa shape index (κ1) is 17.3. The van der Waals surface area contributed by atoms with E-state index in [-0.39, 0.29) is 5.91 Å². The van der Waals surface area contributed by atoms with Crippen LogP contribution in [0.4, 0.5) is 17.5 Å². The van der Waals surface area contributed by atoms with Gasteiger partial charge in [-0.3, -0.25) is 9.48 Å². The maximum absolute atomic E-state index is 11.8. The van der Waals surface area contributed by atoms with Crippen LogP contribution in [0.25, 0.3) is 11.0 Å². The van der Waals surface area contributed by atoms with E-state index in [0.717, 1.165) is 28.5 Å². The Morgan fingerprint density at radius 1 is 1.33 bits per heavy atom. The second-order valence-corrected chi connectivity index (χ2v) is 7.03. The van der Waals surface area contributed by atoms with Crippen molar-refractivity contribution in [2.45, 2.75) is 38.8 Å². The topological polar surface area (TPSA) is 113 Å². The zero-order valence-electron chi connectivity index (χ0n) is 15.7. The molecule has 9 heteroatoms. The van der Waals surface area contributed by atoms with Gasteiger partial charge in [0.1, 0.15) is 17.5 Å². The average molecular weight is 368 g/mol. The Morgan fingerprint density at radius 2 is 2.15 bits per heavy atom. The monoisotopic (exact) mass is 368 g/mol. The van der Waals surface area contributed by atoms with E-state index in [9.17, 15) is 4.79 Å². The Hall–Kier alpha value is -3.10. The van der Waals surface area contributed by atoms with Crippen molar-refractivity contribution in [2.24, 2.45) is 5.92 Å². The minimum Gasteiger partial charge on any atom is -0.367 e. The number of hydrogen-bond donors (Lipinski definition) is 4. The van der Waals surface area contributed by atoms with Gasteiger partial charge in [-0.15, -0.1) is 0 Å². The number of anilines is 3. The molecule has 1 fully saturated rings. The van der Waals surface area contributed by atoms with Gasteiger partial charge < -0.3 is 20.9 Å². The molecule has 1 amide bonds. The number of carbonyl (C=O) groups excluding carboxylic acids is 1. The van der Waals surface area contributed by atoms with Gasteiger partial charge in [0.05, 0.1) is 17.3 Å². The second-order valence-electron chi connectivity index (χ2n) is 7.03. The standard InChI is InChI=1S/C18H24N8O/c1-10(12-4-5-12)22-16-14-6-7-20-15(14)24-18(25-16)23-13-8-21-26(9-13)11(2)17(27)19-3/h6-12H,4-5H2,1-3H3,(H,19,27)(H3,20,22,23,24,25). The van der Waals surface area contributed by atoms with E-state index in [1.165, 1.54) is 12.8 Å². The SMILES string of the molecule is CNC(=O)C(C)n1cc(Nc2nc(NC(C)C3CC3)c3cc[nH]c3n2)cn1. The van der Waals surface area contributed by atoms with Gasteiger partial charge in [0, 0.05) is 25.5 Å². The number of rotatable bonds is 7. The van der Waals surface area contributed by atoms with E-state index in [1.54, 1.807) is 31.0 Å². The molecule has 0 aromatic carbocycles. The molecule has 1 aliphatic carbocycles. The summed E-state index contributed by atoms with van der Waals surface area (Å²) in [5.74, 6) is 1.90. The van der Waals surface area contributed by atoms with Gasteiger partial charge in [-0.1, -0.05) is 0 Å². The highest BCUT2D eigenvalue weighted by atomic mass is 16.2. The van der Waals surface area contributed by atoms with Gasteiger partial charge in [0.15, 0.2) is 0 Å². The molecule has 3 heterocycles. The highest BCUT2D eigenvalue weighted by Gasteiger charge is 2.28. The largest absolute Gasteiger partial charge is 0.367 e. The summed E-state index contributed by atoms with van der Waals surface area (Å²) in [6.45, 7) is 3.98. The Labute approximate surface area is 157 Å². The van der Waals surface area contributed by atoms with Crippen molar-refractivity contribution >= 4 is 34.4 Å². The van der Waals surface area contributed by atoms with Crippen LogP contribution in [-0.2, 0) is 4.79 Å². The lowest BCUT2D eigenvalue weighted by atomic mass is 10.2. The fraction of sp³-hybridized carbons (Fsp3) is 0.444. The number of nitrogens with zero attached hydrogens (tertiary/aromatic N) is 4. The quantitative estimate of drug-likeness (QED) is 0.509. The summed E-state index contributed by atoms with van der Waals surface area (Å²) < 4.78 is 1.60. The van der Waals surface area contributed by atoms with Crippen molar-refractivity contribution < 1.29 is 4.79 Å². The predicted molar refractivity (Wildman–Crippen MR) is 104 cm³/mol. The minimum absolute atomic E-state index is 0.103. The summed E-state index contributed by atoms with van der Waals surface area (Å²) >= 11 is 0. The van der Waals surface area contributed by atoms with Gasteiger partial charge in [0.25, 0.3) is 0 Å². The van der Waals surface area contributed by atoms with E-state index in [4.69, 9.17) is 0 Å². The van der Waals surface area contributed by atoms with E-state index in [2.05, 4.69) is 42.9 Å². The second kappa shape index (κ2) is 6.90. The zero-order chi connectivity index (χ0) is 19.0. The van der Waals surface area contributed by atoms with Gasteiger partial charge in [-0.05, 0) is 38.7 Å². The van der Waals surface area contributed by atoms with Crippen LogP contribution in [0.3, 0.4) is 0 Å². The summed E-state index contributed by atoms with van der Waals surface area (Å²) in [6.07, 6.45) is 7.82. The number of aromatic amines is 1. The van der Waals surface area contributed by atoms with Crippen molar-refractivity contribution in [3.8, 4) is 0 Å². The predicted octanol–water partition coefficient (Wildman–Crippen LogP) is 2.42. The molecule has 0 spiro atoms. The highest BCUT2D eigenvalue weighted by molar-refractivity contribution is 5.88. The molecule has 1 saturated carbocycles. The Morgan fingerprint density at radius 3 is 2.89 bits per heavy atom. The summed E-state index contributed by atoms with van der Waals surface area (Å²) in [5, 5.41) is 14.5. The third-order valence-corrected chi connectivity index (χ3v) is 4.99. The number of nitrogens with one attached hydrogen (secondary N) is 4. The van der Waals surface area contributed by atoms with E-state index in [0.29, 0.717) is 12.0 Å². The van der Waals surface area contributed by atoms with Crippen LogP contribution in [0.5, 0.6) is 0 Å². The molecule has 0 bridgehead atoms. The first-order chi connectivity index (χ1) is 13.0. The number of hydrogen-bond acceptors (Lipinski definition) is 6. The van der Waals surface area contributed by atoms with Gasteiger partial charge in [-0.2, -0.15) is 15.1 Å². The summed E-state index contributed by atoms with van der Waals surface area (Å²) in [5.41, 5.74) is 1.49. The van der Waals surface area contributed by atoms with Gasteiger partial charge in [0.2, 0.25) is 11.9 Å². The maximum Gasteiger partial charge on any atom is 0.244 e. The molecule has 3 aromatic rings. The normalized spacial score (nSPS) is 16.1. The highest BCUT2D eigenvalue weighted by Crippen LogP contribution is 2.34.